The number of methoxy groups -OCH3 is 1. The number of ketones is 1. The van der Waals surface area contributed by atoms with Crippen LogP contribution in [-0.4, -0.2) is 12.9 Å². The van der Waals surface area contributed by atoms with E-state index >= 15 is 0 Å². The largest absolute Gasteiger partial charge is 0.497 e. The van der Waals surface area contributed by atoms with E-state index in [0.29, 0.717) is 17.0 Å². The van der Waals surface area contributed by atoms with E-state index in [9.17, 15) is 4.79 Å². The molecule has 0 heterocycles. The van der Waals surface area contributed by atoms with Crippen LogP contribution in [0, 0.1) is 0 Å². The number of carbonyl (C=O) groups is 1. The Morgan fingerprint density at radius 3 is 2.39 bits per heavy atom. The van der Waals surface area contributed by atoms with Gasteiger partial charge in [-0.15, -0.1) is 0 Å². The summed E-state index contributed by atoms with van der Waals surface area (Å²) in [6.45, 7) is 0. The molecule has 0 aromatic heterocycles. The molecule has 0 unspecified atom stereocenters. The van der Waals surface area contributed by atoms with Crippen LogP contribution >= 0.6 is 11.6 Å². The maximum atomic E-state index is 12.1. The summed E-state index contributed by atoms with van der Waals surface area (Å²) < 4.78 is 5.05. The summed E-state index contributed by atoms with van der Waals surface area (Å²) in [5.74, 6) is 0.787. The minimum Gasteiger partial charge on any atom is -0.497 e. The van der Waals surface area contributed by atoms with E-state index in [0.717, 1.165) is 11.3 Å². The van der Waals surface area contributed by atoms with Crippen molar-refractivity contribution < 1.29 is 9.53 Å². The minimum absolute atomic E-state index is 0.0470. The van der Waals surface area contributed by atoms with Gasteiger partial charge in [-0.1, -0.05) is 29.8 Å². The molecule has 2 nitrogen and oxygen atoms in total. The first-order valence-electron chi connectivity index (χ1n) is 5.61. The molecule has 0 atom stereocenters. The Morgan fingerprint density at radius 1 is 1.11 bits per heavy atom. The van der Waals surface area contributed by atoms with Gasteiger partial charge in [-0.3, -0.25) is 4.79 Å². The van der Waals surface area contributed by atoms with Crippen LogP contribution < -0.4 is 4.74 Å². The molecule has 0 N–H and O–H groups in total. The molecular weight excluding hydrogens is 248 g/mol. The number of hydrogen-bond acceptors (Lipinski definition) is 2. The molecule has 0 aliphatic heterocycles. The van der Waals surface area contributed by atoms with Gasteiger partial charge < -0.3 is 4.74 Å². The molecule has 0 saturated carbocycles. The van der Waals surface area contributed by atoms with E-state index < -0.39 is 0 Å². The molecule has 0 amide bonds. The summed E-state index contributed by atoms with van der Waals surface area (Å²) in [5, 5.41) is 0.624. The molecule has 2 rings (SSSR count). The summed E-state index contributed by atoms with van der Waals surface area (Å²) in [6, 6.07) is 14.5. The fraction of sp³-hybridized carbons (Fsp3) is 0.133. The molecule has 0 spiro atoms. The van der Waals surface area contributed by atoms with Gasteiger partial charge in [-0.2, -0.15) is 0 Å². The lowest BCUT2D eigenvalue weighted by Gasteiger charge is -2.04. The highest BCUT2D eigenvalue weighted by Crippen LogP contribution is 2.18. The van der Waals surface area contributed by atoms with Gasteiger partial charge in [0.1, 0.15) is 5.75 Å². The van der Waals surface area contributed by atoms with Crippen molar-refractivity contribution in [2.75, 3.05) is 7.11 Å². The zero-order valence-corrected chi connectivity index (χ0v) is 10.8. The summed E-state index contributed by atoms with van der Waals surface area (Å²) in [5.41, 5.74) is 1.51. The second kappa shape index (κ2) is 5.69. The van der Waals surface area contributed by atoms with E-state index in [1.54, 1.807) is 37.4 Å². The molecule has 2 aromatic rings. The number of hydrogen-bond donors (Lipinski definition) is 0. The van der Waals surface area contributed by atoms with E-state index in [1.165, 1.54) is 0 Å². The lowest BCUT2D eigenvalue weighted by molar-refractivity contribution is 0.0993. The Morgan fingerprint density at radius 2 is 1.78 bits per heavy atom. The van der Waals surface area contributed by atoms with Crippen molar-refractivity contribution in [3.63, 3.8) is 0 Å². The fourth-order valence-corrected chi connectivity index (χ4v) is 1.90. The highest BCUT2D eigenvalue weighted by atomic mass is 35.5. The first-order valence-corrected chi connectivity index (χ1v) is 5.99. The predicted octanol–water partition coefficient (Wildman–Crippen LogP) is 3.77. The van der Waals surface area contributed by atoms with Crippen LogP contribution in [0.4, 0.5) is 0 Å². The van der Waals surface area contributed by atoms with Gasteiger partial charge in [0.05, 0.1) is 7.11 Å². The van der Waals surface area contributed by atoms with Crippen LogP contribution in [0.25, 0.3) is 0 Å². The quantitative estimate of drug-likeness (QED) is 0.782. The normalized spacial score (nSPS) is 10.1. The smallest absolute Gasteiger partial charge is 0.167 e. The Labute approximate surface area is 111 Å². The average Bonchev–Trinajstić information content (AvgIpc) is 2.41. The molecule has 3 heteroatoms. The predicted molar refractivity (Wildman–Crippen MR) is 72.5 cm³/mol. The number of rotatable bonds is 4. The lowest BCUT2D eigenvalue weighted by Crippen LogP contribution is -2.03. The Balaban J connectivity index is 2.14. The second-order valence-electron chi connectivity index (χ2n) is 3.92. The second-order valence-corrected chi connectivity index (χ2v) is 4.33. The van der Waals surface area contributed by atoms with Crippen LogP contribution in [0.3, 0.4) is 0 Å². The Hall–Kier alpha value is -1.80. The first-order chi connectivity index (χ1) is 8.70. The average molecular weight is 261 g/mol. The number of benzene rings is 2. The van der Waals surface area contributed by atoms with E-state index in [-0.39, 0.29) is 5.78 Å². The highest BCUT2D eigenvalue weighted by molar-refractivity contribution is 6.31. The minimum atomic E-state index is 0.0470. The van der Waals surface area contributed by atoms with Gasteiger partial charge in [0.25, 0.3) is 0 Å². The third-order valence-electron chi connectivity index (χ3n) is 2.72. The summed E-state index contributed by atoms with van der Waals surface area (Å²) in [7, 11) is 1.60. The first kappa shape index (κ1) is 12.7. The van der Waals surface area contributed by atoms with Crippen molar-refractivity contribution in [1.82, 2.24) is 0 Å². The number of carbonyl (C=O) groups excluding carboxylic acids is 1. The van der Waals surface area contributed by atoms with Crippen molar-refractivity contribution >= 4 is 17.4 Å². The van der Waals surface area contributed by atoms with E-state index in [1.807, 2.05) is 18.2 Å². The molecule has 18 heavy (non-hydrogen) atoms. The van der Waals surface area contributed by atoms with Crippen LogP contribution in [0.2, 0.25) is 5.02 Å². The zero-order chi connectivity index (χ0) is 13.0. The van der Waals surface area contributed by atoms with Crippen molar-refractivity contribution in [3.8, 4) is 5.75 Å². The Bertz CT molecular complexity index is 547. The molecular formula is C15H13ClO2. The SMILES string of the molecule is COc1ccc(C(=O)Cc2ccccc2Cl)cc1. The molecule has 2 aromatic carbocycles. The molecule has 0 bridgehead atoms. The molecule has 0 fully saturated rings. The zero-order valence-electron chi connectivity index (χ0n) is 10.0. The lowest BCUT2D eigenvalue weighted by atomic mass is 10.0. The molecule has 0 radical (unpaired) electrons. The van der Waals surface area contributed by atoms with Gasteiger partial charge in [0.2, 0.25) is 0 Å². The van der Waals surface area contributed by atoms with Crippen molar-refractivity contribution in [1.29, 1.82) is 0 Å². The van der Waals surface area contributed by atoms with Crippen molar-refractivity contribution in [2.45, 2.75) is 6.42 Å². The van der Waals surface area contributed by atoms with Crippen molar-refractivity contribution in [3.05, 3.63) is 64.7 Å². The summed E-state index contributed by atoms with van der Waals surface area (Å²) >= 11 is 6.03. The van der Waals surface area contributed by atoms with Crippen LogP contribution in [0.1, 0.15) is 15.9 Å². The van der Waals surface area contributed by atoms with E-state index in [4.69, 9.17) is 16.3 Å². The third-order valence-corrected chi connectivity index (χ3v) is 3.09. The van der Waals surface area contributed by atoms with Crippen molar-refractivity contribution in [2.24, 2.45) is 0 Å². The van der Waals surface area contributed by atoms with Crippen LogP contribution in [0.5, 0.6) is 5.75 Å². The fourth-order valence-electron chi connectivity index (χ4n) is 1.69. The van der Waals surface area contributed by atoms with Gasteiger partial charge in [0.15, 0.2) is 5.78 Å². The Kier molecular flexibility index (Phi) is 4.00. The van der Waals surface area contributed by atoms with Gasteiger partial charge in [0, 0.05) is 17.0 Å². The molecule has 0 aliphatic rings. The van der Waals surface area contributed by atoms with Gasteiger partial charge in [-0.25, -0.2) is 0 Å². The monoisotopic (exact) mass is 260 g/mol. The molecule has 0 saturated heterocycles. The maximum Gasteiger partial charge on any atom is 0.167 e. The molecule has 92 valence electrons. The number of ether oxygens (including phenoxy) is 1. The molecule has 0 aliphatic carbocycles. The van der Waals surface area contributed by atoms with Crippen LogP contribution in [0.15, 0.2) is 48.5 Å². The number of Topliss-reactive ketones (excluding diaryl/α,β-unsaturated/α-hetero) is 1. The van der Waals surface area contributed by atoms with Gasteiger partial charge in [-0.05, 0) is 35.9 Å². The standard InChI is InChI=1S/C15H13ClO2/c1-18-13-8-6-11(7-9-13)15(17)10-12-4-2-3-5-14(12)16/h2-9H,10H2,1H3. The summed E-state index contributed by atoms with van der Waals surface area (Å²) in [6.07, 6.45) is 0.312. The topological polar surface area (TPSA) is 26.3 Å². The van der Waals surface area contributed by atoms with E-state index in [2.05, 4.69) is 0 Å². The van der Waals surface area contributed by atoms with Gasteiger partial charge >= 0.3 is 0 Å². The highest BCUT2D eigenvalue weighted by Gasteiger charge is 2.09. The summed E-state index contributed by atoms with van der Waals surface area (Å²) in [4.78, 5) is 12.1. The third kappa shape index (κ3) is 2.90. The number of halogens is 1. The maximum absolute atomic E-state index is 12.1. The van der Waals surface area contributed by atoms with Crippen LogP contribution in [-0.2, 0) is 6.42 Å².